The molecule has 0 bridgehead atoms. The zero-order valence-electron chi connectivity index (χ0n) is 10.5. The van der Waals surface area contributed by atoms with Crippen molar-refractivity contribution in [2.75, 3.05) is 0 Å². The van der Waals surface area contributed by atoms with Crippen molar-refractivity contribution in [3.8, 4) is 0 Å². The summed E-state index contributed by atoms with van der Waals surface area (Å²) in [4.78, 5) is 11.8. The number of hydrogen-bond acceptors (Lipinski definition) is 2. The van der Waals surface area contributed by atoms with E-state index < -0.39 is 0 Å². The molecule has 18 heavy (non-hydrogen) atoms. The molecule has 1 unspecified atom stereocenters. The Morgan fingerprint density at radius 3 is 2.78 bits per heavy atom. The fourth-order valence-electron chi connectivity index (χ4n) is 2.63. The van der Waals surface area contributed by atoms with E-state index in [1.165, 1.54) is 5.56 Å². The lowest BCUT2D eigenvalue weighted by Crippen LogP contribution is -2.16. The second-order valence-electron chi connectivity index (χ2n) is 4.81. The summed E-state index contributed by atoms with van der Waals surface area (Å²) >= 11 is 0. The summed E-state index contributed by atoms with van der Waals surface area (Å²) in [6, 6.07) is 10.5. The summed E-state index contributed by atoms with van der Waals surface area (Å²) in [5, 5.41) is 4.42. The molecule has 1 atom stereocenters. The van der Waals surface area contributed by atoms with Gasteiger partial charge in [0.1, 0.15) is 0 Å². The van der Waals surface area contributed by atoms with Crippen LogP contribution in [0.4, 0.5) is 0 Å². The van der Waals surface area contributed by atoms with Crippen molar-refractivity contribution in [1.29, 1.82) is 0 Å². The van der Waals surface area contributed by atoms with Crippen LogP contribution in [0.5, 0.6) is 0 Å². The van der Waals surface area contributed by atoms with Gasteiger partial charge < -0.3 is 0 Å². The highest BCUT2D eigenvalue weighted by molar-refractivity contribution is 5.97. The summed E-state index contributed by atoms with van der Waals surface area (Å²) in [5.41, 5.74) is 3.15. The first kappa shape index (κ1) is 11.2. The van der Waals surface area contributed by atoms with E-state index in [-0.39, 0.29) is 11.8 Å². The highest BCUT2D eigenvalue weighted by Crippen LogP contribution is 2.26. The molecule has 0 N–H and O–H groups in total. The molecule has 1 aromatic heterocycles. The minimum atomic E-state index is 0.181. The minimum Gasteiger partial charge on any atom is -0.294 e. The number of rotatable bonds is 2. The average Bonchev–Trinajstić information content (AvgIpc) is 2.84. The van der Waals surface area contributed by atoms with Gasteiger partial charge in [0, 0.05) is 12.1 Å². The molecule has 1 aromatic carbocycles. The molecule has 3 rings (SSSR count). The lowest BCUT2D eigenvalue weighted by atomic mass is 9.96. The molecule has 0 saturated heterocycles. The highest BCUT2D eigenvalue weighted by Gasteiger charge is 2.23. The van der Waals surface area contributed by atoms with E-state index in [4.69, 9.17) is 0 Å². The van der Waals surface area contributed by atoms with E-state index in [2.05, 4.69) is 24.2 Å². The number of aromatic nitrogens is 2. The third kappa shape index (κ3) is 1.76. The van der Waals surface area contributed by atoms with E-state index in [1.807, 2.05) is 22.9 Å². The maximum Gasteiger partial charge on any atom is 0.166 e. The third-order valence-corrected chi connectivity index (χ3v) is 3.67. The van der Waals surface area contributed by atoms with Crippen molar-refractivity contribution in [1.82, 2.24) is 9.78 Å². The molecule has 0 spiro atoms. The number of nitrogens with zero attached hydrogens (tertiary/aromatic N) is 2. The van der Waals surface area contributed by atoms with Gasteiger partial charge in [0.15, 0.2) is 5.78 Å². The monoisotopic (exact) mass is 240 g/mol. The zero-order valence-corrected chi connectivity index (χ0v) is 10.5. The molecule has 0 fully saturated rings. The predicted octanol–water partition coefficient (Wildman–Crippen LogP) is 3.01. The van der Waals surface area contributed by atoms with Gasteiger partial charge in [0.05, 0.1) is 17.8 Å². The van der Waals surface area contributed by atoms with Gasteiger partial charge in [-0.25, -0.2) is 0 Å². The lowest BCUT2D eigenvalue weighted by Gasteiger charge is -2.18. The van der Waals surface area contributed by atoms with Crippen molar-refractivity contribution in [3.05, 3.63) is 53.3 Å². The van der Waals surface area contributed by atoms with Crippen LogP contribution in [0.3, 0.4) is 0 Å². The van der Waals surface area contributed by atoms with Gasteiger partial charge >= 0.3 is 0 Å². The molecule has 3 nitrogen and oxygen atoms in total. The molecular formula is C15H16N2O. The lowest BCUT2D eigenvalue weighted by molar-refractivity contribution is 0.0971. The van der Waals surface area contributed by atoms with Gasteiger partial charge in [-0.2, -0.15) is 5.10 Å². The average molecular weight is 240 g/mol. The summed E-state index contributed by atoms with van der Waals surface area (Å²) in [6.45, 7) is 2.13. The Kier molecular flexibility index (Phi) is 2.74. The number of Topliss-reactive ketones (excluding diaryl/α,β-unsaturated/α-hetero) is 1. The Balaban J connectivity index is 2.01. The Bertz CT molecular complexity index is 571. The first-order valence-corrected chi connectivity index (χ1v) is 6.42. The SMILES string of the molecule is CC(c1ccccc1)n1ncc2c1CCCC2=O. The van der Waals surface area contributed by atoms with Crippen LogP contribution in [-0.4, -0.2) is 15.6 Å². The van der Waals surface area contributed by atoms with Crippen LogP contribution in [-0.2, 0) is 6.42 Å². The van der Waals surface area contributed by atoms with E-state index in [9.17, 15) is 4.79 Å². The Hall–Kier alpha value is -1.90. The molecule has 1 aliphatic carbocycles. The first-order valence-electron chi connectivity index (χ1n) is 6.42. The largest absolute Gasteiger partial charge is 0.294 e. The molecule has 1 aliphatic rings. The van der Waals surface area contributed by atoms with Crippen molar-refractivity contribution >= 4 is 5.78 Å². The van der Waals surface area contributed by atoms with Gasteiger partial charge in [-0.3, -0.25) is 9.48 Å². The Morgan fingerprint density at radius 2 is 2.00 bits per heavy atom. The smallest absolute Gasteiger partial charge is 0.166 e. The van der Waals surface area contributed by atoms with Crippen LogP contribution in [0.2, 0.25) is 0 Å². The Morgan fingerprint density at radius 1 is 1.22 bits per heavy atom. The molecule has 1 heterocycles. The molecule has 2 aromatic rings. The standard InChI is InChI=1S/C15H16N2O/c1-11(12-6-3-2-4-7-12)17-14-8-5-9-15(18)13(14)10-16-17/h2-4,6-7,10-11H,5,8-9H2,1H3. The fraction of sp³-hybridized carbons (Fsp3) is 0.333. The summed E-state index contributed by atoms with van der Waals surface area (Å²) in [6.07, 6.45) is 4.30. The van der Waals surface area contributed by atoms with Gasteiger partial charge in [-0.05, 0) is 25.3 Å². The van der Waals surface area contributed by atoms with Crippen LogP contribution < -0.4 is 0 Å². The second kappa shape index (κ2) is 4.41. The van der Waals surface area contributed by atoms with Crippen LogP contribution in [0.25, 0.3) is 0 Å². The number of carbonyl (C=O) groups excluding carboxylic acids is 1. The number of hydrogen-bond donors (Lipinski definition) is 0. The third-order valence-electron chi connectivity index (χ3n) is 3.67. The van der Waals surface area contributed by atoms with Crippen LogP contribution in [0.1, 0.15) is 47.4 Å². The van der Waals surface area contributed by atoms with Crippen LogP contribution in [0.15, 0.2) is 36.5 Å². The summed E-state index contributed by atoms with van der Waals surface area (Å²) in [5.74, 6) is 0.239. The topological polar surface area (TPSA) is 34.9 Å². The van der Waals surface area contributed by atoms with E-state index in [0.29, 0.717) is 6.42 Å². The van der Waals surface area contributed by atoms with Crippen molar-refractivity contribution in [2.45, 2.75) is 32.2 Å². The van der Waals surface area contributed by atoms with Crippen LogP contribution >= 0.6 is 0 Å². The molecule has 0 radical (unpaired) electrons. The zero-order chi connectivity index (χ0) is 12.5. The number of carbonyl (C=O) groups is 1. The van der Waals surface area contributed by atoms with Gasteiger partial charge in [0.2, 0.25) is 0 Å². The number of benzene rings is 1. The van der Waals surface area contributed by atoms with Crippen molar-refractivity contribution in [2.24, 2.45) is 0 Å². The maximum atomic E-state index is 11.8. The molecule has 0 saturated carbocycles. The molecule has 92 valence electrons. The van der Waals surface area contributed by atoms with E-state index in [0.717, 1.165) is 24.1 Å². The Labute approximate surface area is 106 Å². The molecule has 0 amide bonds. The number of fused-ring (bicyclic) bond motifs is 1. The number of ketones is 1. The minimum absolute atomic E-state index is 0.181. The predicted molar refractivity (Wildman–Crippen MR) is 69.8 cm³/mol. The highest BCUT2D eigenvalue weighted by atomic mass is 16.1. The van der Waals surface area contributed by atoms with E-state index in [1.54, 1.807) is 6.20 Å². The van der Waals surface area contributed by atoms with E-state index >= 15 is 0 Å². The van der Waals surface area contributed by atoms with Crippen molar-refractivity contribution in [3.63, 3.8) is 0 Å². The maximum absolute atomic E-state index is 11.8. The summed E-state index contributed by atoms with van der Waals surface area (Å²) < 4.78 is 2.00. The normalized spacial score (nSPS) is 16.4. The van der Waals surface area contributed by atoms with Gasteiger partial charge in [-0.1, -0.05) is 30.3 Å². The molecule has 3 heteroatoms. The van der Waals surface area contributed by atoms with Crippen LogP contribution in [0, 0.1) is 0 Å². The molecule has 0 aliphatic heterocycles. The molecular weight excluding hydrogens is 224 g/mol. The van der Waals surface area contributed by atoms with Gasteiger partial charge in [0.25, 0.3) is 0 Å². The fourth-order valence-corrected chi connectivity index (χ4v) is 2.63. The van der Waals surface area contributed by atoms with Gasteiger partial charge in [-0.15, -0.1) is 0 Å². The summed E-state index contributed by atoms with van der Waals surface area (Å²) in [7, 11) is 0. The first-order chi connectivity index (χ1) is 8.77. The quantitative estimate of drug-likeness (QED) is 0.808. The second-order valence-corrected chi connectivity index (χ2v) is 4.81. The van der Waals surface area contributed by atoms with Crippen molar-refractivity contribution < 1.29 is 4.79 Å².